The number of rotatable bonds is 4. The fraction of sp³-hybridized carbons (Fsp3) is 0.250. The molecule has 0 radical (unpaired) electrons. The highest BCUT2D eigenvalue weighted by Gasteiger charge is 2.33. The number of halogens is 3. The van der Waals surface area contributed by atoms with Crippen LogP contribution >= 0.6 is 0 Å². The van der Waals surface area contributed by atoms with E-state index in [-0.39, 0.29) is 17.1 Å². The number of hydrogen-bond acceptors (Lipinski definition) is 1. The molecule has 0 aliphatic rings. The van der Waals surface area contributed by atoms with E-state index in [1.54, 1.807) is 0 Å². The third-order valence-corrected chi connectivity index (χ3v) is 4.48. The molecule has 0 spiro atoms. The molecule has 0 aliphatic heterocycles. The van der Waals surface area contributed by atoms with Crippen LogP contribution in [0.15, 0.2) is 48.5 Å². The van der Waals surface area contributed by atoms with Gasteiger partial charge in [0.25, 0.3) is 0 Å². The summed E-state index contributed by atoms with van der Waals surface area (Å²) >= 11 is 0. The minimum Gasteiger partial charge on any atom is -0.259 e. The maximum atomic E-state index is 12.9. The highest BCUT2D eigenvalue weighted by Crippen LogP contribution is 2.32. The first-order valence-electron chi connectivity index (χ1n) is 6.42. The van der Waals surface area contributed by atoms with E-state index in [4.69, 9.17) is 0 Å². The molecule has 2 aromatic rings. The van der Waals surface area contributed by atoms with Gasteiger partial charge in [0.05, 0.1) is 5.56 Å². The summed E-state index contributed by atoms with van der Waals surface area (Å²) in [5.41, 5.74) is 1.27. The fourth-order valence-corrected chi connectivity index (χ4v) is 3.46. The predicted molar refractivity (Wildman–Crippen MR) is 78.2 cm³/mol. The van der Waals surface area contributed by atoms with E-state index in [9.17, 15) is 17.4 Å². The van der Waals surface area contributed by atoms with Crippen LogP contribution in [-0.4, -0.2) is 4.21 Å². The van der Waals surface area contributed by atoms with Gasteiger partial charge in [-0.3, -0.25) is 4.21 Å². The van der Waals surface area contributed by atoms with Crippen LogP contribution in [0.1, 0.15) is 22.3 Å². The lowest BCUT2D eigenvalue weighted by molar-refractivity contribution is -0.138. The van der Waals surface area contributed by atoms with Crippen LogP contribution in [0.4, 0.5) is 13.2 Å². The van der Waals surface area contributed by atoms with E-state index in [2.05, 4.69) is 0 Å². The second-order valence-corrected chi connectivity index (χ2v) is 6.27. The average Bonchev–Trinajstić information content (AvgIpc) is 2.41. The van der Waals surface area contributed by atoms with Gasteiger partial charge in [0.1, 0.15) is 0 Å². The largest absolute Gasteiger partial charge is 0.416 e. The monoisotopic (exact) mass is 312 g/mol. The smallest absolute Gasteiger partial charge is 0.259 e. The summed E-state index contributed by atoms with van der Waals surface area (Å²) in [7, 11) is -1.38. The molecule has 0 aromatic heterocycles. The fourth-order valence-electron chi connectivity index (χ4n) is 2.09. The zero-order valence-corrected chi connectivity index (χ0v) is 12.3. The predicted octanol–water partition coefficient (Wildman–Crippen LogP) is 4.46. The molecule has 1 atom stereocenters. The Balaban J connectivity index is 2.16. The van der Waals surface area contributed by atoms with E-state index in [0.717, 1.165) is 17.2 Å². The summed E-state index contributed by atoms with van der Waals surface area (Å²) in [6.07, 6.45) is -4.41. The van der Waals surface area contributed by atoms with E-state index in [0.29, 0.717) is 0 Å². The highest BCUT2D eigenvalue weighted by molar-refractivity contribution is 7.83. The molecule has 0 unspecified atom stereocenters. The highest BCUT2D eigenvalue weighted by atomic mass is 32.2. The third-order valence-electron chi connectivity index (χ3n) is 3.22. The first kappa shape index (κ1) is 15.8. The van der Waals surface area contributed by atoms with Crippen molar-refractivity contribution in [3.8, 4) is 0 Å². The molecule has 0 saturated heterocycles. The van der Waals surface area contributed by atoms with Crippen LogP contribution in [0.5, 0.6) is 0 Å². The Morgan fingerprint density at radius 2 is 1.43 bits per heavy atom. The lowest BCUT2D eigenvalue weighted by atomic mass is 10.1. The van der Waals surface area contributed by atoms with Crippen molar-refractivity contribution in [2.75, 3.05) is 0 Å². The van der Waals surface area contributed by atoms with Gasteiger partial charge in [-0.05, 0) is 29.7 Å². The summed E-state index contributed by atoms with van der Waals surface area (Å²) in [4.78, 5) is 0. The van der Waals surface area contributed by atoms with Crippen LogP contribution in [-0.2, 0) is 28.5 Å². The molecular formula is C16H15F3OS. The van der Waals surface area contributed by atoms with Crippen molar-refractivity contribution in [3.63, 3.8) is 0 Å². The molecule has 112 valence electrons. The number of aryl methyl sites for hydroxylation is 1. The zero-order valence-electron chi connectivity index (χ0n) is 11.5. The van der Waals surface area contributed by atoms with Crippen molar-refractivity contribution in [2.45, 2.75) is 24.6 Å². The first-order chi connectivity index (χ1) is 9.88. The maximum absolute atomic E-state index is 12.9. The number of alkyl halides is 3. The molecule has 0 N–H and O–H groups in total. The van der Waals surface area contributed by atoms with Crippen molar-refractivity contribution in [3.05, 3.63) is 70.8 Å². The Labute approximate surface area is 124 Å². The topological polar surface area (TPSA) is 17.1 Å². The Morgan fingerprint density at radius 1 is 0.905 bits per heavy atom. The Hall–Kier alpha value is -1.62. The lowest BCUT2D eigenvalue weighted by Gasteiger charge is -2.12. The summed E-state index contributed by atoms with van der Waals surface area (Å²) in [6.45, 7) is 1.90. The summed E-state index contributed by atoms with van der Waals surface area (Å²) < 4.78 is 50.8. The van der Waals surface area contributed by atoms with Gasteiger partial charge in [-0.25, -0.2) is 0 Å². The number of hydrogen-bond donors (Lipinski definition) is 0. The molecule has 21 heavy (non-hydrogen) atoms. The quantitative estimate of drug-likeness (QED) is 0.814. The second-order valence-electron chi connectivity index (χ2n) is 4.81. The molecule has 0 fully saturated rings. The van der Waals surface area contributed by atoms with Gasteiger partial charge in [0, 0.05) is 22.3 Å². The molecule has 2 rings (SSSR count). The molecule has 0 aliphatic carbocycles. The van der Waals surface area contributed by atoms with Crippen molar-refractivity contribution < 1.29 is 17.4 Å². The van der Waals surface area contributed by atoms with Crippen LogP contribution in [0, 0.1) is 6.92 Å². The van der Waals surface area contributed by atoms with E-state index in [1.165, 1.54) is 18.2 Å². The second kappa shape index (κ2) is 6.43. The van der Waals surface area contributed by atoms with Gasteiger partial charge < -0.3 is 0 Å². The minimum absolute atomic E-state index is 0.0805. The van der Waals surface area contributed by atoms with E-state index < -0.39 is 22.5 Å². The van der Waals surface area contributed by atoms with Crippen LogP contribution in [0.3, 0.4) is 0 Å². The molecule has 0 saturated carbocycles. The molecule has 5 heteroatoms. The summed E-state index contributed by atoms with van der Waals surface area (Å²) in [5.74, 6) is 0.170. The molecule has 0 amide bonds. The lowest BCUT2D eigenvalue weighted by Crippen LogP contribution is -2.11. The third kappa shape index (κ3) is 4.17. The van der Waals surface area contributed by atoms with Gasteiger partial charge in [-0.2, -0.15) is 13.2 Å². The average molecular weight is 312 g/mol. The van der Waals surface area contributed by atoms with Crippen molar-refractivity contribution in [1.29, 1.82) is 0 Å². The number of benzene rings is 2. The van der Waals surface area contributed by atoms with Crippen LogP contribution in [0.2, 0.25) is 0 Å². The Bertz CT molecular complexity index is 650. The standard InChI is InChI=1S/C16H15F3OS/c1-12-6-2-3-7-13(12)10-21(20)11-14-8-4-5-9-15(14)16(17,18)19/h2-9H,10-11H2,1H3/t21-/m1/s1. The van der Waals surface area contributed by atoms with Gasteiger partial charge in [-0.15, -0.1) is 0 Å². The van der Waals surface area contributed by atoms with Crippen molar-refractivity contribution >= 4 is 10.8 Å². The van der Waals surface area contributed by atoms with E-state index in [1.807, 2.05) is 31.2 Å². The first-order valence-corrected chi connectivity index (χ1v) is 7.91. The summed E-state index contributed by atoms with van der Waals surface area (Å²) in [6, 6.07) is 12.8. The van der Waals surface area contributed by atoms with E-state index >= 15 is 0 Å². The molecule has 1 nitrogen and oxygen atoms in total. The Kier molecular flexibility index (Phi) is 4.83. The van der Waals surface area contributed by atoms with Crippen molar-refractivity contribution in [2.24, 2.45) is 0 Å². The molecule has 0 bridgehead atoms. The zero-order chi connectivity index (χ0) is 15.5. The summed E-state index contributed by atoms with van der Waals surface area (Å²) in [5, 5.41) is 0. The van der Waals surface area contributed by atoms with Gasteiger partial charge in [-0.1, -0.05) is 42.5 Å². The van der Waals surface area contributed by atoms with Gasteiger partial charge >= 0.3 is 6.18 Å². The van der Waals surface area contributed by atoms with Gasteiger partial charge in [0.15, 0.2) is 0 Å². The molecular weight excluding hydrogens is 297 g/mol. The molecule has 2 aromatic carbocycles. The van der Waals surface area contributed by atoms with Gasteiger partial charge in [0.2, 0.25) is 0 Å². The maximum Gasteiger partial charge on any atom is 0.416 e. The SMILES string of the molecule is Cc1ccccc1C[S@@](=O)Cc1ccccc1C(F)(F)F. The van der Waals surface area contributed by atoms with Crippen LogP contribution in [0.25, 0.3) is 0 Å². The normalized spacial score (nSPS) is 13.1. The van der Waals surface area contributed by atoms with Crippen molar-refractivity contribution in [1.82, 2.24) is 0 Å². The Morgan fingerprint density at radius 3 is 2.05 bits per heavy atom. The van der Waals surface area contributed by atoms with Crippen LogP contribution < -0.4 is 0 Å². The molecule has 0 heterocycles. The minimum atomic E-state index is -4.41.